The number of anilines is 1. The Bertz CT molecular complexity index is 372. The van der Waals surface area contributed by atoms with Gasteiger partial charge >= 0.3 is 0 Å². The summed E-state index contributed by atoms with van der Waals surface area (Å²) < 4.78 is 5.20. The van der Waals surface area contributed by atoms with E-state index in [2.05, 4.69) is 10.2 Å². The molecule has 5 nitrogen and oxygen atoms in total. The summed E-state index contributed by atoms with van der Waals surface area (Å²) in [4.78, 5) is 12.9. The van der Waals surface area contributed by atoms with Gasteiger partial charge in [-0.1, -0.05) is 0 Å². The number of ether oxygens (including phenoxy) is 1. The smallest absolute Gasteiger partial charge is 0.255 e. The molecule has 92 valence electrons. The summed E-state index contributed by atoms with van der Waals surface area (Å²) in [5.74, 6) is 0.207. The highest BCUT2D eigenvalue weighted by molar-refractivity contribution is 5.75. The predicted molar refractivity (Wildman–Crippen MR) is 66.2 cm³/mol. The number of primary amides is 1. The monoisotopic (exact) mass is 235 g/mol. The molecule has 1 amide bonds. The summed E-state index contributed by atoms with van der Waals surface area (Å²) >= 11 is 0. The number of hydrogen-bond acceptors (Lipinski definition) is 4. The summed E-state index contributed by atoms with van der Waals surface area (Å²) in [6.07, 6.45) is 0. The Morgan fingerprint density at radius 1 is 1.29 bits per heavy atom. The van der Waals surface area contributed by atoms with Crippen LogP contribution in [-0.4, -0.2) is 38.7 Å². The van der Waals surface area contributed by atoms with Gasteiger partial charge in [0, 0.05) is 31.9 Å². The van der Waals surface area contributed by atoms with Gasteiger partial charge in [-0.2, -0.15) is 0 Å². The van der Waals surface area contributed by atoms with Crippen LogP contribution in [0.25, 0.3) is 0 Å². The lowest BCUT2D eigenvalue weighted by Gasteiger charge is -2.29. The molecule has 1 aromatic carbocycles. The molecular weight excluding hydrogens is 218 g/mol. The van der Waals surface area contributed by atoms with Crippen LogP contribution in [0.1, 0.15) is 0 Å². The Hall–Kier alpha value is -1.75. The van der Waals surface area contributed by atoms with E-state index in [4.69, 9.17) is 10.5 Å². The standard InChI is InChI=1S/C12H17N3O2/c13-12(16)9-17-11-3-1-10(2-4-11)15-7-5-14-6-8-15/h1-4,14H,5-9H2,(H2,13,16). The fourth-order valence-electron chi connectivity index (χ4n) is 1.83. The van der Waals surface area contributed by atoms with Crippen LogP contribution in [0.2, 0.25) is 0 Å². The Morgan fingerprint density at radius 3 is 2.53 bits per heavy atom. The van der Waals surface area contributed by atoms with Crippen LogP contribution >= 0.6 is 0 Å². The maximum absolute atomic E-state index is 10.6. The number of amides is 1. The molecule has 2 rings (SSSR count). The Morgan fingerprint density at radius 2 is 1.94 bits per heavy atom. The fraction of sp³-hybridized carbons (Fsp3) is 0.417. The second-order valence-corrected chi connectivity index (χ2v) is 3.99. The first-order valence-corrected chi connectivity index (χ1v) is 5.72. The zero-order chi connectivity index (χ0) is 12.1. The number of nitrogens with two attached hydrogens (primary N) is 1. The average Bonchev–Trinajstić information content (AvgIpc) is 2.38. The van der Waals surface area contributed by atoms with Crippen molar-refractivity contribution in [1.29, 1.82) is 0 Å². The predicted octanol–water partition coefficient (Wildman–Crippen LogP) is -0.0397. The summed E-state index contributed by atoms with van der Waals surface area (Å²) in [5, 5.41) is 3.31. The SMILES string of the molecule is NC(=O)COc1ccc(N2CCNCC2)cc1. The van der Waals surface area contributed by atoms with Crippen LogP contribution in [0.15, 0.2) is 24.3 Å². The van der Waals surface area contributed by atoms with Crippen molar-refractivity contribution in [2.45, 2.75) is 0 Å². The van der Waals surface area contributed by atoms with Crippen LogP contribution in [0.5, 0.6) is 5.75 Å². The molecule has 0 aliphatic carbocycles. The number of carbonyl (C=O) groups is 1. The zero-order valence-corrected chi connectivity index (χ0v) is 9.69. The first-order valence-electron chi connectivity index (χ1n) is 5.72. The van der Waals surface area contributed by atoms with Gasteiger partial charge in [-0.25, -0.2) is 0 Å². The maximum atomic E-state index is 10.6. The Balaban J connectivity index is 1.94. The number of nitrogens with zero attached hydrogens (tertiary/aromatic N) is 1. The van der Waals surface area contributed by atoms with E-state index in [1.54, 1.807) is 0 Å². The van der Waals surface area contributed by atoms with Crippen molar-refractivity contribution in [1.82, 2.24) is 5.32 Å². The minimum absolute atomic E-state index is 0.0764. The van der Waals surface area contributed by atoms with Crippen LogP contribution in [-0.2, 0) is 4.79 Å². The lowest BCUT2D eigenvalue weighted by atomic mass is 10.2. The Labute approximate surface area is 101 Å². The molecule has 3 N–H and O–H groups in total. The molecule has 0 atom stereocenters. The lowest BCUT2D eigenvalue weighted by Crippen LogP contribution is -2.43. The third kappa shape index (κ3) is 3.35. The molecule has 0 unspecified atom stereocenters. The highest BCUT2D eigenvalue weighted by Crippen LogP contribution is 2.19. The van der Waals surface area contributed by atoms with Gasteiger partial charge in [0.2, 0.25) is 0 Å². The molecule has 0 bridgehead atoms. The van der Waals surface area contributed by atoms with Crippen LogP contribution in [0.3, 0.4) is 0 Å². The summed E-state index contributed by atoms with van der Waals surface area (Å²) in [6.45, 7) is 3.98. The van der Waals surface area contributed by atoms with Gasteiger partial charge in [-0.15, -0.1) is 0 Å². The summed E-state index contributed by atoms with van der Waals surface area (Å²) in [6, 6.07) is 7.73. The first-order chi connectivity index (χ1) is 8.25. The molecule has 0 spiro atoms. The van der Waals surface area contributed by atoms with Gasteiger partial charge < -0.3 is 20.7 Å². The number of nitrogens with one attached hydrogen (secondary N) is 1. The van der Waals surface area contributed by atoms with E-state index in [0.29, 0.717) is 5.75 Å². The molecule has 0 radical (unpaired) electrons. The number of rotatable bonds is 4. The second kappa shape index (κ2) is 5.54. The van der Waals surface area contributed by atoms with E-state index in [1.165, 1.54) is 5.69 Å². The minimum Gasteiger partial charge on any atom is -0.484 e. The second-order valence-electron chi connectivity index (χ2n) is 3.99. The van der Waals surface area contributed by atoms with E-state index in [9.17, 15) is 4.79 Å². The summed E-state index contributed by atoms with van der Waals surface area (Å²) in [5.41, 5.74) is 6.19. The maximum Gasteiger partial charge on any atom is 0.255 e. The lowest BCUT2D eigenvalue weighted by molar-refractivity contribution is -0.119. The molecule has 1 fully saturated rings. The third-order valence-corrected chi connectivity index (χ3v) is 2.70. The molecule has 1 aliphatic heterocycles. The number of piperazine rings is 1. The van der Waals surface area contributed by atoms with E-state index in [-0.39, 0.29) is 6.61 Å². The molecule has 17 heavy (non-hydrogen) atoms. The van der Waals surface area contributed by atoms with E-state index < -0.39 is 5.91 Å². The number of hydrogen-bond donors (Lipinski definition) is 2. The van der Waals surface area contributed by atoms with Crippen molar-refractivity contribution in [3.05, 3.63) is 24.3 Å². The van der Waals surface area contributed by atoms with Gasteiger partial charge in [0.25, 0.3) is 5.91 Å². The van der Waals surface area contributed by atoms with E-state index in [1.807, 2.05) is 24.3 Å². The van der Waals surface area contributed by atoms with Crippen molar-refractivity contribution < 1.29 is 9.53 Å². The van der Waals surface area contributed by atoms with Crippen molar-refractivity contribution in [3.8, 4) is 5.75 Å². The normalized spacial score (nSPS) is 15.6. The van der Waals surface area contributed by atoms with E-state index in [0.717, 1.165) is 26.2 Å². The molecule has 0 aromatic heterocycles. The third-order valence-electron chi connectivity index (χ3n) is 2.70. The largest absolute Gasteiger partial charge is 0.484 e. The zero-order valence-electron chi connectivity index (χ0n) is 9.69. The molecular formula is C12H17N3O2. The molecule has 1 aromatic rings. The van der Waals surface area contributed by atoms with Crippen molar-refractivity contribution >= 4 is 11.6 Å². The molecule has 1 saturated heterocycles. The minimum atomic E-state index is -0.462. The first kappa shape index (κ1) is 11.7. The molecule has 1 heterocycles. The van der Waals surface area contributed by atoms with Gasteiger partial charge in [0.05, 0.1) is 0 Å². The van der Waals surface area contributed by atoms with Crippen molar-refractivity contribution in [3.63, 3.8) is 0 Å². The quantitative estimate of drug-likeness (QED) is 0.768. The average molecular weight is 235 g/mol. The Kier molecular flexibility index (Phi) is 3.82. The molecule has 1 aliphatic rings. The summed E-state index contributed by atoms with van der Waals surface area (Å²) in [7, 11) is 0. The fourth-order valence-corrected chi connectivity index (χ4v) is 1.83. The number of benzene rings is 1. The van der Waals surface area contributed by atoms with Gasteiger partial charge in [0.1, 0.15) is 5.75 Å². The van der Waals surface area contributed by atoms with Crippen LogP contribution in [0.4, 0.5) is 5.69 Å². The van der Waals surface area contributed by atoms with Crippen molar-refractivity contribution in [2.24, 2.45) is 5.73 Å². The topological polar surface area (TPSA) is 67.6 Å². The highest BCUT2D eigenvalue weighted by atomic mass is 16.5. The van der Waals surface area contributed by atoms with Gasteiger partial charge in [0.15, 0.2) is 6.61 Å². The molecule has 5 heteroatoms. The van der Waals surface area contributed by atoms with E-state index >= 15 is 0 Å². The highest BCUT2D eigenvalue weighted by Gasteiger charge is 2.09. The van der Waals surface area contributed by atoms with Crippen molar-refractivity contribution in [2.75, 3.05) is 37.7 Å². The molecule has 0 saturated carbocycles. The van der Waals surface area contributed by atoms with Crippen LogP contribution < -0.4 is 20.7 Å². The van der Waals surface area contributed by atoms with Gasteiger partial charge in [-0.3, -0.25) is 4.79 Å². The van der Waals surface area contributed by atoms with Gasteiger partial charge in [-0.05, 0) is 24.3 Å². The van der Waals surface area contributed by atoms with Crippen LogP contribution in [0, 0.1) is 0 Å². The number of carbonyl (C=O) groups excluding carboxylic acids is 1.